The van der Waals surface area contributed by atoms with Gasteiger partial charge >= 0.3 is 5.97 Å². The molecule has 1 amide bonds. The second kappa shape index (κ2) is 10.3. The lowest BCUT2D eigenvalue weighted by molar-refractivity contribution is -0.154. The number of allylic oxidation sites excluding steroid dienone is 1. The number of carboxylic acids is 1. The molecular weight excluding hydrogens is 268 g/mol. The van der Waals surface area contributed by atoms with Crippen LogP contribution in [-0.4, -0.2) is 71.9 Å². The molecule has 0 saturated heterocycles. The largest absolute Gasteiger partial charge is 0.480 e. The second-order valence-corrected chi connectivity index (χ2v) is 4.22. The number of aliphatic hydroxyl groups excluding tert-OH is 2. The molecule has 0 spiro atoms. The maximum absolute atomic E-state index is 11.2. The molecule has 0 aromatic carbocycles. The third kappa shape index (κ3) is 8.59. The molecule has 1 unspecified atom stereocenters. The van der Waals surface area contributed by atoms with Crippen LogP contribution in [0.25, 0.3) is 0 Å². The number of rotatable bonds is 10. The van der Waals surface area contributed by atoms with Gasteiger partial charge in [-0.25, -0.2) is 0 Å². The first-order valence-electron chi connectivity index (χ1n) is 6.15. The lowest BCUT2D eigenvalue weighted by atomic mass is 10.1. The molecule has 0 heterocycles. The normalized spacial score (nSPS) is 14.2. The van der Waals surface area contributed by atoms with E-state index in [2.05, 4.69) is 5.32 Å². The second-order valence-electron chi connectivity index (χ2n) is 4.22. The number of hydrogen-bond acceptors (Lipinski definition) is 6. The molecule has 20 heavy (non-hydrogen) atoms. The fourth-order valence-electron chi connectivity index (χ4n) is 1.26. The van der Waals surface area contributed by atoms with E-state index in [0.717, 1.165) is 0 Å². The third-order valence-corrected chi connectivity index (χ3v) is 2.33. The summed E-state index contributed by atoms with van der Waals surface area (Å²) in [5.41, 5.74) is 0. The van der Waals surface area contributed by atoms with Gasteiger partial charge in [0.05, 0.1) is 13.2 Å². The maximum atomic E-state index is 11.2. The number of likely N-dealkylation sites (N-methyl/N-ethyl adjacent to an activating group) is 1. The predicted octanol–water partition coefficient (Wildman–Crippen LogP) is -1.26. The van der Waals surface area contributed by atoms with Crippen LogP contribution in [0.4, 0.5) is 0 Å². The summed E-state index contributed by atoms with van der Waals surface area (Å²) < 4.78 is 4.70. The summed E-state index contributed by atoms with van der Waals surface area (Å²) in [5.74, 6) is -1.32. The van der Waals surface area contributed by atoms with E-state index >= 15 is 0 Å². The highest BCUT2D eigenvalue weighted by atomic mass is 16.6. The number of ether oxygens (including phenoxy) is 1. The molecule has 0 rings (SSSR count). The Balaban J connectivity index is 4.15. The highest BCUT2D eigenvalue weighted by Crippen LogP contribution is 2.01. The van der Waals surface area contributed by atoms with Gasteiger partial charge < -0.3 is 25.0 Å². The summed E-state index contributed by atoms with van der Waals surface area (Å²) in [6.45, 7) is -0.371. The van der Waals surface area contributed by atoms with Gasteiger partial charge in [0.25, 0.3) is 0 Å². The van der Waals surface area contributed by atoms with Crippen molar-refractivity contribution in [2.24, 2.45) is 0 Å². The van der Waals surface area contributed by atoms with Crippen molar-refractivity contribution in [3.05, 3.63) is 12.2 Å². The molecule has 0 saturated carbocycles. The van der Waals surface area contributed by atoms with Gasteiger partial charge in [-0.2, -0.15) is 0 Å². The minimum absolute atomic E-state index is 0.0995. The topological polar surface area (TPSA) is 119 Å². The Labute approximate surface area is 117 Å². The molecule has 0 fully saturated rings. The molecule has 0 radical (unpaired) electrons. The highest BCUT2D eigenvalue weighted by Gasteiger charge is 2.19. The van der Waals surface area contributed by atoms with E-state index in [4.69, 9.17) is 14.9 Å². The van der Waals surface area contributed by atoms with Crippen molar-refractivity contribution < 1.29 is 29.6 Å². The van der Waals surface area contributed by atoms with Crippen LogP contribution in [0.5, 0.6) is 0 Å². The van der Waals surface area contributed by atoms with E-state index in [9.17, 15) is 14.7 Å². The molecule has 116 valence electrons. The number of carbonyl (C=O) groups excluding carboxylic acids is 1. The average molecular weight is 290 g/mol. The number of carboxylic acid groups (broad SMARTS) is 1. The molecule has 8 heteroatoms. The quantitative estimate of drug-likeness (QED) is 0.293. The molecule has 0 aromatic rings. The Kier molecular flexibility index (Phi) is 9.56. The van der Waals surface area contributed by atoms with Crippen molar-refractivity contribution >= 4 is 11.9 Å². The van der Waals surface area contributed by atoms with Crippen molar-refractivity contribution in [2.45, 2.75) is 25.3 Å². The highest BCUT2D eigenvalue weighted by molar-refractivity contribution is 5.87. The lowest BCUT2D eigenvalue weighted by Gasteiger charge is -2.18. The van der Waals surface area contributed by atoms with E-state index < -0.39 is 18.4 Å². The van der Waals surface area contributed by atoms with Gasteiger partial charge in [0.2, 0.25) is 12.3 Å². The standard InChI is InChI=1S/C12H22N2O6/c1-14(2)10(16)6-4-3-5-9(11(17)18)13-12(19)20-8-7-15/h4,6,9,12-13,15,19H,3,5,7-8H2,1-2H3,(H,17,18)/b6-4+/t9-,12?/m0/s1. The van der Waals surface area contributed by atoms with Crippen LogP contribution in [0, 0.1) is 0 Å². The summed E-state index contributed by atoms with van der Waals surface area (Å²) in [6.07, 6.45) is 2.01. The van der Waals surface area contributed by atoms with Gasteiger partial charge in [-0.1, -0.05) is 6.08 Å². The number of aliphatic hydroxyl groups is 2. The van der Waals surface area contributed by atoms with Gasteiger partial charge in [0.1, 0.15) is 6.04 Å². The molecule has 0 aliphatic carbocycles. The lowest BCUT2D eigenvalue weighted by Crippen LogP contribution is -2.44. The van der Waals surface area contributed by atoms with E-state index in [0.29, 0.717) is 6.42 Å². The molecule has 0 bridgehead atoms. The third-order valence-electron chi connectivity index (χ3n) is 2.33. The van der Waals surface area contributed by atoms with E-state index in [1.165, 1.54) is 11.0 Å². The fraction of sp³-hybridized carbons (Fsp3) is 0.667. The average Bonchev–Trinajstić information content (AvgIpc) is 2.38. The van der Waals surface area contributed by atoms with Crippen molar-refractivity contribution in [3.63, 3.8) is 0 Å². The first-order valence-corrected chi connectivity index (χ1v) is 6.15. The number of aliphatic carboxylic acids is 1. The monoisotopic (exact) mass is 290 g/mol. The molecule has 4 N–H and O–H groups in total. The SMILES string of the molecule is CN(C)C(=O)/C=C/CC[C@H](NC(O)OCCO)C(=O)O. The van der Waals surface area contributed by atoms with Crippen molar-refractivity contribution in [2.75, 3.05) is 27.3 Å². The zero-order chi connectivity index (χ0) is 15.5. The van der Waals surface area contributed by atoms with E-state index in [1.807, 2.05) is 0 Å². The number of amides is 1. The Bertz CT molecular complexity index is 332. The van der Waals surface area contributed by atoms with Crippen LogP contribution in [0.2, 0.25) is 0 Å². The minimum atomic E-state index is -1.46. The Morgan fingerprint density at radius 2 is 2.05 bits per heavy atom. The fourth-order valence-corrected chi connectivity index (χ4v) is 1.26. The molecule has 0 aromatic heterocycles. The van der Waals surface area contributed by atoms with Crippen LogP contribution in [0.15, 0.2) is 12.2 Å². The van der Waals surface area contributed by atoms with Gasteiger partial charge in [-0.15, -0.1) is 0 Å². The smallest absolute Gasteiger partial charge is 0.320 e. The number of nitrogens with zero attached hydrogens (tertiary/aromatic N) is 1. The number of carbonyl (C=O) groups is 2. The van der Waals surface area contributed by atoms with Gasteiger partial charge in [0, 0.05) is 14.1 Å². The first kappa shape index (κ1) is 18.5. The van der Waals surface area contributed by atoms with E-state index in [1.54, 1.807) is 20.2 Å². The van der Waals surface area contributed by atoms with Crippen LogP contribution in [-0.2, 0) is 14.3 Å². The summed E-state index contributed by atoms with van der Waals surface area (Å²) in [5, 5.41) is 29.2. The Morgan fingerprint density at radius 1 is 1.40 bits per heavy atom. The van der Waals surface area contributed by atoms with Crippen molar-refractivity contribution in [1.29, 1.82) is 0 Å². The Hall–Kier alpha value is -1.48. The maximum Gasteiger partial charge on any atom is 0.320 e. The number of hydrogen-bond donors (Lipinski definition) is 4. The summed E-state index contributed by atoms with van der Waals surface area (Å²) >= 11 is 0. The molecule has 2 atom stereocenters. The van der Waals surface area contributed by atoms with E-state index in [-0.39, 0.29) is 25.5 Å². The Morgan fingerprint density at radius 3 is 2.55 bits per heavy atom. The van der Waals surface area contributed by atoms with Crippen LogP contribution in [0.3, 0.4) is 0 Å². The van der Waals surface area contributed by atoms with Gasteiger partial charge in [-0.05, 0) is 18.9 Å². The molecular formula is C12H22N2O6. The first-order chi connectivity index (χ1) is 9.38. The van der Waals surface area contributed by atoms with Crippen LogP contribution >= 0.6 is 0 Å². The van der Waals surface area contributed by atoms with Crippen LogP contribution < -0.4 is 5.32 Å². The molecule has 0 aliphatic rings. The summed E-state index contributed by atoms with van der Waals surface area (Å²) in [4.78, 5) is 23.6. The van der Waals surface area contributed by atoms with Crippen LogP contribution in [0.1, 0.15) is 12.8 Å². The zero-order valence-electron chi connectivity index (χ0n) is 11.7. The molecule has 0 aliphatic heterocycles. The zero-order valence-corrected chi connectivity index (χ0v) is 11.7. The predicted molar refractivity (Wildman–Crippen MR) is 70.7 cm³/mol. The van der Waals surface area contributed by atoms with Crippen molar-refractivity contribution in [1.82, 2.24) is 10.2 Å². The van der Waals surface area contributed by atoms with Crippen molar-refractivity contribution in [3.8, 4) is 0 Å². The van der Waals surface area contributed by atoms with Gasteiger partial charge in [0.15, 0.2) is 0 Å². The van der Waals surface area contributed by atoms with Gasteiger partial charge in [-0.3, -0.25) is 14.9 Å². The summed E-state index contributed by atoms with van der Waals surface area (Å²) in [7, 11) is 3.23. The molecule has 8 nitrogen and oxygen atoms in total. The minimum Gasteiger partial charge on any atom is -0.480 e. The number of nitrogens with one attached hydrogen (secondary N) is 1. The summed E-state index contributed by atoms with van der Waals surface area (Å²) in [6, 6.07) is -1.01.